The fourth-order valence-corrected chi connectivity index (χ4v) is 3.69. The zero-order valence-electron chi connectivity index (χ0n) is 15.0. The minimum absolute atomic E-state index is 0.0861. The van der Waals surface area contributed by atoms with Gasteiger partial charge in [-0.15, -0.1) is 0 Å². The third-order valence-corrected chi connectivity index (χ3v) is 5.18. The Kier molecular flexibility index (Phi) is 4.99. The van der Waals surface area contributed by atoms with E-state index in [0.717, 1.165) is 32.1 Å². The number of amides is 1. The summed E-state index contributed by atoms with van der Waals surface area (Å²) in [4.78, 5) is 29.1. The summed E-state index contributed by atoms with van der Waals surface area (Å²) in [7, 11) is 1.15. The number of carbonyl (C=O) groups is 2. The molecule has 1 aliphatic carbocycles. The van der Waals surface area contributed by atoms with E-state index in [0.29, 0.717) is 12.8 Å². The molecule has 0 radical (unpaired) electrons. The van der Waals surface area contributed by atoms with Gasteiger partial charge in [0.1, 0.15) is 34.2 Å². The van der Waals surface area contributed by atoms with Crippen molar-refractivity contribution in [1.29, 1.82) is 0 Å². The van der Waals surface area contributed by atoms with Crippen LogP contribution in [0.3, 0.4) is 0 Å². The van der Waals surface area contributed by atoms with Gasteiger partial charge in [0.25, 0.3) is 0 Å². The van der Waals surface area contributed by atoms with E-state index in [1.165, 1.54) is 13.0 Å². The molecule has 0 unspecified atom stereocenters. The highest BCUT2D eigenvalue weighted by Gasteiger charge is 2.51. The number of aliphatic hydroxyl groups excluding tert-OH is 1. The molecule has 3 rings (SSSR count). The van der Waals surface area contributed by atoms with Crippen LogP contribution in [-0.4, -0.2) is 29.9 Å². The first-order chi connectivity index (χ1) is 12.8. The zero-order chi connectivity index (χ0) is 19.8. The minimum Gasteiger partial charge on any atom is -0.510 e. The molecule has 144 valence electrons. The minimum atomic E-state index is -1.16. The largest absolute Gasteiger partial charge is 0.510 e. The highest BCUT2D eigenvalue weighted by atomic mass is 19.1. The molecule has 1 aliphatic heterocycles. The second-order valence-electron chi connectivity index (χ2n) is 6.78. The van der Waals surface area contributed by atoms with Gasteiger partial charge in [0.05, 0.1) is 13.2 Å². The van der Waals surface area contributed by atoms with Gasteiger partial charge in [0.15, 0.2) is 0 Å². The number of nitrogens with zero attached hydrogens (tertiary/aromatic N) is 1. The highest BCUT2D eigenvalue weighted by Crippen LogP contribution is 2.46. The number of rotatable bonds is 3. The number of aliphatic hydroxyl groups is 1. The Balaban J connectivity index is 2.07. The number of carbonyl (C=O) groups excluding carboxylic acids is 2. The van der Waals surface area contributed by atoms with Crippen LogP contribution in [0.1, 0.15) is 44.2 Å². The van der Waals surface area contributed by atoms with Crippen LogP contribution in [0.5, 0.6) is 0 Å². The van der Waals surface area contributed by atoms with Gasteiger partial charge in [-0.25, -0.2) is 13.6 Å². The normalized spacial score (nSPS) is 21.5. The van der Waals surface area contributed by atoms with Crippen molar-refractivity contribution < 1.29 is 28.2 Å². The topological polar surface area (TPSA) is 88.0 Å². The summed E-state index contributed by atoms with van der Waals surface area (Å²) in [6.45, 7) is 1.53. The zero-order valence-corrected chi connectivity index (χ0v) is 15.0. The fraction of sp³-hybridized carbons (Fsp3) is 0.421. The summed E-state index contributed by atoms with van der Waals surface area (Å²) in [6.07, 6.45) is 2.33. The first-order valence-electron chi connectivity index (χ1n) is 8.67. The smallest absolute Gasteiger partial charge is 0.345 e. The molecule has 1 atom stereocenters. The Morgan fingerprint density at radius 3 is 2.59 bits per heavy atom. The Bertz CT molecular complexity index is 857. The lowest BCUT2D eigenvalue weighted by Crippen LogP contribution is -2.51. The highest BCUT2D eigenvalue weighted by molar-refractivity contribution is 6.26. The molecule has 1 spiro atoms. The van der Waals surface area contributed by atoms with Gasteiger partial charge < -0.3 is 15.2 Å². The molecule has 1 aromatic rings. The number of ether oxygens (including phenoxy) is 1. The summed E-state index contributed by atoms with van der Waals surface area (Å²) < 4.78 is 31.9. The number of methoxy groups -OCH3 is 1. The van der Waals surface area contributed by atoms with Crippen LogP contribution >= 0.6 is 0 Å². The van der Waals surface area contributed by atoms with Gasteiger partial charge in [-0.1, -0.05) is 18.9 Å². The molecule has 0 aromatic heterocycles. The van der Waals surface area contributed by atoms with E-state index in [4.69, 9.17) is 4.74 Å². The van der Waals surface area contributed by atoms with Crippen molar-refractivity contribution in [2.75, 3.05) is 7.11 Å². The van der Waals surface area contributed by atoms with E-state index in [2.05, 4.69) is 10.3 Å². The van der Waals surface area contributed by atoms with Crippen LogP contribution in [0, 0.1) is 17.0 Å². The Hall–Kier alpha value is -2.77. The third kappa shape index (κ3) is 3.20. The van der Waals surface area contributed by atoms with E-state index in [1.54, 1.807) is 0 Å². The van der Waals surface area contributed by atoms with E-state index in [1.807, 2.05) is 0 Å². The molecule has 0 bridgehead atoms. The molecule has 2 N–H and O–H groups in total. The summed E-state index contributed by atoms with van der Waals surface area (Å²) >= 11 is 0. The maximum absolute atomic E-state index is 14.0. The monoisotopic (exact) mass is 378 g/mol. The van der Waals surface area contributed by atoms with Crippen molar-refractivity contribution in [2.24, 2.45) is 10.4 Å². The third-order valence-electron chi connectivity index (χ3n) is 5.18. The summed E-state index contributed by atoms with van der Waals surface area (Å²) in [5.74, 6) is -3.36. The molecule has 1 saturated carbocycles. The van der Waals surface area contributed by atoms with E-state index < -0.39 is 35.0 Å². The van der Waals surface area contributed by atoms with Crippen molar-refractivity contribution >= 4 is 17.7 Å². The van der Waals surface area contributed by atoms with Crippen molar-refractivity contribution in [3.05, 3.63) is 46.7 Å². The Morgan fingerprint density at radius 1 is 1.33 bits per heavy atom. The Morgan fingerprint density at radius 2 is 2.00 bits per heavy atom. The average molecular weight is 378 g/mol. The van der Waals surface area contributed by atoms with Crippen LogP contribution in [-0.2, 0) is 14.3 Å². The van der Waals surface area contributed by atoms with Crippen molar-refractivity contribution in [1.82, 2.24) is 5.32 Å². The maximum atomic E-state index is 14.0. The Labute approximate surface area is 154 Å². The molecule has 6 nitrogen and oxygen atoms in total. The van der Waals surface area contributed by atoms with Crippen LogP contribution in [0.2, 0.25) is 0 Å². The van der Waals surface area contributed by atoms with Gasteiger partial charge in [0.2, 0.25) is 5.91 Å². The molecular weight excluding hydrogens is 358 g/mol. The van der Waals surface area contributed by atoms with Gasteiger partial charge in [-0.3, -0.25) is 9.79 Å². The lowest BCUT2D eigenvalue weighted by atomic mass is 9.78. The molecule has 0 saturated heterocycles. The predicted octanol–water partition coefficient (Wildman–Crippen LogP) is 3.10. The second kappa shape index (κ2) is 7.09. The lowest BCUT2D eigenvalue weighted by Gasteiger charge is -2.33. The average Bonchev–Trinajstić information content (AvgIpc) is 3.11. The van der Waals surface area contributed by atoms with E-state index in [9.17, 15) is 23.5 Å². The molecule has 2 aliphatic rings. The summed E-state index contributed by atoms with van der Waals surface area (Å²) in [5.41, 5.74) is -1.30. The lowest BCUT2D eigenvalue weighted by molar-refractivity contribution is -0.136. The number of benzene rings is 1. The number of halogens is 2. The van der Waals surface area contributed by atoms with E-state index >= 15 is 0 Å². The number of aliphatic imine (C=N–C) groups is 1. The first-order valence-corrected chi connectivity index (χ1v) is 8.67. The van der Waals surface area contributed by atoms with Crippen LogP contribution in [0.15, 0.2) is 34.5 Å². The first kappa shape index (κ1) is 19.0. The van der Waals surface area contributed by atoms with Gasteiger partial charge in [-0.05, 0) is 25.8 Å². The quantitative estimate of drug-likeness (QED) is 0.791. The molecule has 1 amide bonds. The second-order valence-corrected chi connectivity index (χ2v) is 6.78. The van der Waals surface area contributed by atoms with Crippen LogP contribution < -0.4 is 5.32 Å². The standard InChI is InChI=1S/C19H20F2N2O4/c1-10(12-6-5-11(20)9-13(12)21)22-16-14(17(25)27-2)15(24)19(18(26)23-16)7-3-4-8-19/h5-6,9-10,24H,3-4,7-8H2,1-2H3,(H,22,23,26)/t10-/m0/s1. The van der Waals surface area contributed by atoms with Crippen LogP contribution in [0.4, 0.5) is 8.78 Å². The number of esters is 1. The molecule has 1 fully saturated rings. The number of nitrogens with one attached hydrogen (secondary N) is 1. The molecule has 1 heterocycles. The summed E-state index contributed by atoms with van der Waals surface area (Å²) in [5, 5.41) is 13.3. The van der Waals surface area contributed by atoms with Crippen LogP contribution in [0.25, 0.3) is 0 Å². The maximum Gasteiger partial charge on any atom is 0.345 e. The van der Waals surface area contributed by atoms with Crippen molar-refractivity contribution in [3.63, 3.8) is 0 Å². The number of amidine groups is 1. The molecular formula is C19H20F2N2O4. The predicted molar refractivity (Wildman–Crippen MR) is 92.9 cm³/mol. The summed E-state index contributed by atoms with van der Waals surface area (Å²) in [6, 6.07) is 2.22. The van der Waals surface area contributed by atoms with E-state index in [-0.39, 0.29) is 22.7 Å². The van der Waals surface area contributed by atoms with Gasteiger partial charge in [0, 0.05) is 11.6 Å². The molecule has 1 aromatic carbocycles. The number of hydrogen-bond acceptors (Lipinski definition) is 5. The van der Waals surface area contributed by atoms with Crippen molar-refractivity contribution in [2.45, 2.75) is 38.6 Å². The molecule has 8 heteroatoms. The fourth-order valence-electron chi connectivity index (χ4n) is 3.69. The molecule has 27 heavy (non-hydrogen) atoms. The SMILES string of the molecule is COC(=O)C1=C(O)C2(CCCC2)C(=O)NC1=N[C@@H](C)c1ccc(F)cc1F. The van der Waals surface area contributed by atoms with Gasteiger partial charge in [-0.2, -0.15) is 0 Å². The van der Waals surface area contributed by atoms with Gasteiger partial charge >= 0.3 is 5.97 Å². The number of hydrogen-bond donors (Lipinski definition) is 2. The van der Waals surface area contributed by atoms with Crippen molar-refractivity contribution in [3.8, 4) is 0 Å².